The van der Waals surface area contributed by atoms with Crippen molar-refractivity contribution >= 4 is 0 Å². The number of rotatable bonds is 5. The Labute approximate surface area is 96.4 Å². The van der Waals surface area contributed by atoms with Crippen LogP contribution in [-0.2, 0) is 6.54 Å². The fraction of sp³-hybridized carbons (Fsp3) is 0.500. The van der Waals surface area contributed by atoms with Crippen molar-refractivity contribution in [1.82, 2.24) is 4.90 Å². The zero-order valence-electron chi connectivity index (χ0n) is 10.3. The highest BCUT2D eigenvalue weighted by Gasteiger charge is 2.12. The van der Waals surface area contributed by atoms with E-state index in [1.54, 1.807) is 26.4 Å². The Morgan fingerprint density at radius 3 is 2.44 bits per heavy atom. The van der Waals surface area contributed by atoms with Crippen molar-refractivity contribution in [3.63, 3.8) is 0 Å². The van der Waals surface area contributed by atoms with Crippen LogP contribution in [0, 0.1) is 0 Å². The molecule has 1 N–H and O–H groups in total. The van der Waals surface area contributed by atoms with Crippen LogP contribution < -0.4 is 9.47 Å². The van der Waals surface area contributed by atoms with E-state index in [0.717, 1.165) is 12.1 Å². The molecular formula is C12H19NO3. The quantitative estimate of drug-likeness (QED) is 0.830. The van der Waals surface area contributed by atoms with E-state index in [0.29, 0.717) is 18.0 Å². The maximum atomic E-state index is 9.89. The van der Waals surface area contributed by atoms with Gasteiger partial charge in [-0.05, 0) is 13.6 Å². The van der Waals surface area contributed by atoms with Crippen LogP contribution in [0.5, 0.6) is 17.2 Å². The lowest BCUT2D eigenvalue weighted by atomic mass is 10.1. The van der Waals surface area contributed by atoms with Gasteiger partial charge >= 0.3 is 0 Å². The fourth-order valence-electron chi connectivity index (χ4n) is 1.45. The summed E-state index contributed by atoms with van der Waals surface area (Å²) in [6.45, 7) is 3.62. The molecule has 0 fully saturated rings. The van der Waals surface area contributed by atoms with Gasteiger partial charge in [0.15, 0.2) is 0 Å². The van der Waals surface area contributed by atoms with E-state index in [1.807, 2.05) is 7.05 Å². The number of hydrogen-bond donors (Lipinski definition) is 1. The smallest absolute Gasteiger partial charge is 0.130 e. The van der Waals surface area contributed by atoms with Crippen LogP contribution >= 0.6 is 0 Å². The zero-order valence-corrected chi connectivity index (χ0v) is 10.3. The van der Waals surface area contributed by atoms with E-state index in [1.165, 1.54) is 0 Å². The number of ether oxygens (including phenoxy) is 2. The summed E-state index contributed by atoms with van der Waals surface area (Å²) in [5.74, 6) is 1.45. The second-order valence-corrected chi connectivity index (χ2v) is 3.66. The fourth-order valence-corrected chi connectivity index (χ4v) is 1.45. The van der Waals surface area contributed by atoms with E-state index in [2.05, 4.69) is 11.8 Å². The molecule has 1 aromatic rings. The highest BCUT2D eigenvalue weighted by molar-refractivity contribution is 5.49. The minimum absolute atomic E-state index is 0.205. The number of hydrogen-bond acceptors (Lipinski definition) is 4. The van der Waals surface area contributed by atoms with Crippen LogP contribution in [0.15, 0.2) is 12.1 Å². The first-order valence-electron chi connectivity index (χ1n) is 5.24. The second-order valence-electron chi connectivity index (χ2n) is 3.66. The summed E-state index contributed by atoms with van der Waals surface area (Å²) in [5.41, 5.74) is 0.785. The molecule has 0 amide bonds. The number of phenolic OH excluding ortho intramolecular Hbond substituents is 1. The van der Waals surface area contributed by atoms with Gasteiger partial charge in [0.25, 0.3) is 0 Å². The lowest BCUT2D eigenvalue weighted by Crippen LogP contribution is -2.17. The third-order valence-electron chi connectivity index (χ3n) is 2.58. The third-order valence-corrected chi connectivity index (χ3v) is 2.58. The predicted molar refractivity (Wildman–Crippen MR) is 63.2 cm³/mol. The molecule has 1 aromatic carbocycles. The molecule has 0 aliphatic rings. The Hall–Kier alpha value is -1.42. The van der Waals surface area contributed by atoms with E-state index in [4.69, 9.17) is 9.47 Å². The first kappa shape index (κ1) is 12.6. The molecule has 90 valence electrons. The molecule has 0 bridgehead atoms. The van der Waals surface area contributed by atoms with Crippen LogP contribution in [0.1, 0.15) is 12.5 Å². The highest BCUT2D eigenvalue weighted by atomic mass is 16.5. The summed E-state index contributed by atoms with van der Waals surface area (Å²) in [6.07, 6.45) is 0. The van der Waals surface area contributed by atoms with Gasteiger partial charge in [0.2, 0.25) is 0 Å². The molecule has 16 heavy (non-hydrogen) atoms. The molecule has 0 heterocycles. The average molecular weight is 225 g/mol. The molecule has 0 atom stereocenters. The Morgan fingerprint density at radius 2 is 1.94 bits per heavy atom. The standard InChI is InChI=1S/C12H19NO3/c1-5-13(2)8-10-11(14)6-9(15-3)7-12(10)16-4/h6-7,14H,5,8H2,1-4H3. The highest BCUT2D eigenvalue weighted by Crippen LogP contribution is 2.33. The number of aromatic hydroxyl groups is 1. The molecule has 0 aliphatic heterocycles. The minimum Gasteiger partial charge on any atom is -0.507 e. The maximum absolute atomic E-state index is 9.89. The molecule has 0 aliphatic carbocycles. The minimum atomic E-state index is 0.205. The summed E-state index contributed by atoms with van der Waals surface area (Å²) in [7, 11) is 5.14. The first-order valence-corrected chi connectivity index (χ1v) is 5.24. The molecule has 0 spiro atoms. The van der Waals surface area contributed by atoms with Gasteiger partial charge < -0.3 is 19.5 Å². The van der Waals surface area contributed by atoms with Gasteiger partial charge in [0.1, 0.15) is 17.2 Å². The molecule has 4 heteroatoms. The Kier molecular flexibility index (Phi) is 4.43. The van der Waals surface area contributed by atoms with Crippen molar-refractivity contribution in [3.8, 4) is 17.2 Å². The molecule has 0 saturated heterocycles. The molecule has 4 nitrogen and oxygen atoms in total. The van der Waals surface area contributed by atoms with Gasteiger partial charge in [0.05, 0.1) is 19.8 Å². The number of phenols is 1. The number of benzene rings is 1. The molecular weight excluding hydrogens is 206 g/mol. The second kappa shape index (κ2) is 5.61. The molecule has 0 saturated carbocycles. The summed E-state index contributed by atoms with van der Waals surface area (Å²) < 4.78 is 10.3. The Bertz CT molecular complexity index is 352. The van der Waals surface area contributed by atoms with Gasteiger partial charge in [-0.2, -0.15) is 0 Å². The molecule has 0 radical (unpaired) electrons. The summed E-state index contributed by atoms with van der Waals surface area (Å²) in [6, 6.07) is 3.37. The number of nitrogens with zero attached hydrogens (tertiary/aromatic N) is 1. The van der Waals surface area contributed by atoms with Gasteiger partial charge in [-0.25, -0.2) is 0 Å². The average Bonchev–Trinajstić information content (AvgIpc) is 2.30. The largest absolute Gasteiger partial charge is 0.507 e. The Morgan fingerprint density at radius 1 is 1.25 bits per heavy atom. The number of methoxy groups -OCH3 is 2. The SMILES string of the molecule is CCN(C)Cc1c(O)cc(OC)cc1OC. The topological polar surface area (TPSA) is 41.9 Å². The van der Waals surface area contributed by atoms with Crippen LogP contribution in [0.25, 0.3) is 0 Å². The van der Waals surface area contributed by atoms with Crippen molar-refractivity contribution in [1.29, 1.82) is 0 Å². The molecule has 0 unspecified atom stereocenters. The van der Waals surface area contributed by atoms with Crippen molar-refractivity contribution < 1.29 is 14.6 Å². The van der Waals surface area contributed by atoms with Gasteiger partial charge in [0, 0.05) is 18.7 Å². The van der Waals surface area contributed by atoms with Gasteiger partial charge in [-0.1, -0.05) is 6.92 Å². The maximum Gasteiger partial charge on any atom is 0.130 e. The normalized spacial score (nSPS) is 10.6. The van der Waals surface area contributed by atoms with Crippen LogP contribution in [0.4, 0.5) is 0 Å². The van der Waals surface area contributed by atoms with Crippen molar-refractivity contribution in [2.24, 2.45) is 0 Å². The van der Waals surface area contributed by atoms with Crippen LogP contribution in [0.2, 0.25) is 0 Å². The summed E-state index contributed by atoms with van der Waals surface area (Å²) >= 11 is 0. The van der Waals surface area contributed by atoms with Crippen LogP contribution in [-0.4, -0.2) is 37.8 Å². The monoisotopic (exact) mass is 225 g/mol. The van der Waals surface area contributed by atoms with Crippen LogP contribution in [0.3, 0.4) is 0 Å². The van der Waals surface area contributed by atoms with E-state index < -0.39 is 0 Å². The van der Waals surface area contributed by atoms with E-state index in [9.17, 15) is 5.11 Å². The van der Waals surface area contributed by atoms with Gasteiger partial charge in [-0.3, -0.25) is 0 Å². The van der Waals surface area contributed by atoms with Crippen molar-refractivity contribution in [3.05, 3.63) is 17.7 Å². The molecule has 0 aromatic heterocycles. The summed E-state index contributed by atoms with van der Waals surface area (Å²) in [5, 5.41) is 9.89. The van der Waals surface area contributed by atoms with E-state index >= 15 is 0 Å². The zero-order chi connectivity index (χ0) is 12.1. The first-order chi connectivity index (χ1) is 7.62. The lowest BCUT2D eigenvalue weighted by Gasteiger charge is -2.18. The van der Waals surface area contributed by atoms with Gasteiger partial charge in [-0.15, -0.1) is 0 Å². The van der Waals surface area contributed by atoms with E-state index in [-0.39, 0.29) is 5.75 Å². The van der Waals surface area contributed by atoms with Crippen molar-refractivity contribution in [2.45, 2.75) is 13.5 Å². The predicted octanol–water partition coefficient (Wildman–Crippen LogP) is 1.86. The Balaban J connectivity index is 3.06. The lowest BCUT2D eigenvalue weighted by molar-refractivity contribution is 0.321. The third kappa shape index (κ3) is 2.79. The van der Waals surface area contributed by atoms with Crippen molar-refractivity contribution in [2.75, 3.05) is 27.8 Å². The summed E-state index contributed by atoms with van der Waals surface area (Å²) in [4.78, 5) is 2.09. The molecule has 1 rings (SSSR count).